The smallest absolute Gasteiger partial charge is 1.00 e. The first kappa shape index (κ1) is 240. The van der Waals surface area contributed by atoms with Gasteiger partial charge in [-0.3, -0.25) is 0 Å². The molecule has 0 fully saturated rings. The first-order valence-corrected chi connectivity index (χ1v) is 4.22. The van der Waals surface area contributed by atoms with Crippen LogP contribution in [0.15, 0.2) is 0 Å². The first-order chi connectivity index (χ1) is 18.0. The van der Waals surface area contributed by atoms with Gasteiger partial charge in [-0.15, -0.1) is 0 Å². The molecule has 0 bridgehead atoms. The number of carbonyl (C=O) groups is 3. The third kappa shape index (κ3) is 10900. The average Bonchev–Trinajstić information content (AvgIpc) is 3.13. The zero-order valence-corrected chi connectivity index (χ0v) is 34.3. The molecule has 0 amide bonds. The molecule has 0 aliphatic carbocycles. The summed E-state index contributed by atoms with van der Waals surface area (Å²) in [7, 11) is 0. The Morgan fingerprint density at radius 3 is 0.214 bits per heavy atom. The SMILES string of the molecule is C=O.C=O.C=O.[C-]#N.[C-]#N.[C-]#N.[C-]#N.[C-]#N.[C-]#N.[C-]#N.[C-]#N.[C-]#N.[C-]#N.[C-]#N.[C-]#N.[C-]#N.[C-]#N.[C-]#N.[Fe+5].[Fe+5].[Fe+5].[H-].[H-].[H-].[K+].[K+].[K+]. The zero-order valence-electron chi connectivity index (χ0n) is 24.6. The summed E-state index contributed by atoms with van der Waals surface area (Å²) >= 11 is 0. The maximum atomic E-state index is 8.00. The normalized spacial score (nSPS) is 1.00. The Kier molecular flexibility index (Phi) is 67200. The Labute approximate surface area is 413 Å². The Morgan fingerprint density at radius 1 is 0.214 bits per heavy atom. The fourth-order valence-corrected chi connectivity index (χ4v) is 0. The predicted octanol–water partition coefficient (Wildman–Crippen LogP) is -7.77. The van der Waals surface area contributed by atoms with Crippen molar-refractivity contribution in [2.45, 2.75) is 0 Å². The van der Waals surface area contributed by atoms with Gasteiger partial charge < -0.3 is 196 Å². The third-order valence-electron chi connectivity index (χ3n) is 0. The van der Waals surface area contributed by atoms with Crippen molar-refractivity contribution in [3.8, 4) is 0 Å². The van der Waals surface area contributed by atoms with Crippen LogP contribution in [0.3, 0.4) is 0 Å². The fourth-order valence-electron chi connectivity index (χ4n) is 0. The van der Waals surface area contributed by atoms with E-state index in [-0.39, 0.29) is 210 Å². The molecule has 0 aliphatic heterocycles. The molecule has 42 heavy (non-hydrogen) atoms. The zero-order chi connectivity index (χ0) is 36.0. The van der Waals surface area contributed by atoms with Crippen molar-refractivity contribution < 1.29 is 224 Å². The summed E-state index contributed by atoms with van der Waals surface area (Å²) in [4.78, 5) is 24.0. The van der Waals surface area contributed by atoms with Crippen LogP contribution in [0.4, 0.5) is 0 Å². The van der Waals surface area contributed by atoms with Crippen molar-refractivity contribution in [1.82, 2.24) is 0 Å². The van der Waals surface area contributed by atoms with E-state index in [0.717, 1.165) is 0 Å². The summed E-state index contributed by atoms with van der Waals surface area (Å²) in [6, 6.07) is 0. The van der Waals surface area contributed by atoms with Gasteiger partial charge in [-0.25, -0.2) is 0 Å². The minimum Gasteiger partial charge on any atom is -1.00 e. The van der Waals surface area contributed by atoms with E-state index in [9.17, 15) is 0 Å². The molecule has 0 heterocycles. The van der Waals surface area contributed by atoms with E-state index < -0.39 is 0 Å². The Hall–Kier alpha value is -2.17. The van der Waals surface area contributed by atoms with Crippen LogP contribution in [0.1, 0.15) is 4.28 Å². The van der Waals surface area contributed by atoms with Gasteiger partial charge in [0.05, 0.1) is 0 Å². The number of hydrogen-bond donors (Lipinski definition) is 0. The van der Waals surface area contributed by atoms with Crippen LogP contribution in [0, 0.1) is 178 Å². The molecule has 0 saturated heterocycles. The van der Waals surface area contributed by atoms with Gasteiger partial charge in [0.2, 0.25) is 0 Å². The minimum absolute atomic E-state index is 0. The van der Waals surface area contributed by atoms with E-state index in [1.165, 1.54) is 0 Å². The Morgan fingerprint density at radius 2 is 0.214 bits per heavy atom. The molecular weight excluding hydrogens is 759 g/mol. The molecule has 0 aromatic heterocycles. The number of carbonyl (C=O) groups excluding carboxylic acids is 3. The van der Waals surface area contributed by atoms with Gasteiger partial charge in [0.1, 0.15) is 20.4 Å². The molecule has 0 rings (SSSR count). The summed E-state index contributed by atoms with van der Waals surface area (Å²) in [5.41, 5.74) is 0. The van der Waals surface area contributed by atoms with E-state index in [0.29, 0.717) is 0 Å². The molecule has 0 aliphatic rings. The molecule has 0 aromatic carbocycles. The molecule has 0 N–H and O–H groups in total. The number of hydrogen-bond acceptors (Lipinski definition) is 18. The van der Waals surface area contributed by atoms with Crippen LogP contribution in [-0.2, 0) is 65.6 Å². The molecule has 0 atom stereocenters. The van der Waals surface area contributed by atoms with Crippen molar-refractivity contribution in [1.29, 1.82) is 78.9 Å². The van der Waals surface area contributed by atoms with Crippen molar-refractivity contribution in [3.63, 3.8) is 0 Å². The second-order valence-electron chi connectivity index (χ2n) is 0. The third-order valence-corrected chi connectivity index (χ3v) is 0. The van der Waals surface area contributed by atoms with Gasteiger partial charge in [0.15, 0.2) is 0 Å². The molecule has 201 valence electrons. The first-order valence-electron chi connectivity index (χ1n) is 4.22. The Balaban J connectivity index is -0.00000000301. The average molecular weight is 768 g/mol. The van der Waals surface area contributed by atoms with Gasteiger partial charge in [0, 0.05) is 0 Å². The summed E-state index contributed by atoms with van der Waals surface area (Å²) in [6.07, 6.45) is 0. The van der Waals surface area contributed by atoms with E-state index in [1.807, 2.05) is 20.4 Å². The van der Waals surface area contributed by atoms with Crippen LogP contribution in [0.5, 0.6) is 0 Å². The van der Waals surface area contributed by atoms with Crippen LogP contribution in [0.2, 0.25) is 0 Å². The van der Waals surface area contributed by atoms with Crippen molar-refractivity contribution in [2.75, 3.05) is 0 Å². The second kappa shape index (κ2) is 11800. The van der Waals surface area contributed by atoms with Gasteiger partial charge in [0.25, 0.3) is 0 Å². The van der Waals surface area contributed by atoms with E-state index in [2.05, 4.69) is 0 Å². The largest absolute Gasteiger partial charge is 5.00 e. The molecule has 0 spiro atoms. The van der Waals surface area contributed by atoms with Crippen molar-refractivity contribution in [3.05, 3.63) is 98.6 Å². The second-order valence-corrected chi connectivity index (χ2v) is 0. The van der Waals surface area contributed by atoms with Gasteiger partial charge in [-0.1, -0.05) is 0 Å². The van der Waals surface area contributed by atoms with Crippen molar-refractivity contribution >= 4 is 20.4 Å². The summed E-state index contributed by atoms with van der Waals surface area (Å²) in [5.74, 6) is 0. The maximum absolute atomic E-state index is 8.00. The molecule has 0 unspecified atom stereocenters. The van der Waals surface area contributed by atoms with Gasteiger partial charge in [-0.05, 0) is 0 Å². The molecule has 24 heteroatoms. The topological polar surface area (TPSA) is 408 Å². The van der Waals surface area contributed by atoms with Crippen LogP contribution in [0.25, 0.3) is 0 Å². The molecular formula is C18H9Fe3K3N15O3. The predicted molar refractivity (Wildman–Crippen MR) is 99.2 cm³/mol. The van der Waals surface area contributed by atoms with E-state index in [1.54, 1.807) is 0 Å². The monoisotopic (exact) mass is 768 g/mol. The molecule has 18 nitrogen and oxygen atoms in total. The van der Waals surface area contributed by atoms with Crippen LogP contribution in [-0.4, -0.2) is 20.4 Å². The van der Waals surface area contributed by atoms with E-state index in [4.69, 9.17) is 192 Å². The number of nitrogens with zero attached hydrogens (tertiary/aromatic N) is 15. The summed E-state index contributed by atoms with van der Waals surface area (Å²) in [6.45, 7) is 77.2. The van der Waals surface area contributed by atoms with Crippen LogP contribution < -0.4 is 154 Å². The summed E-state index contributed by atoms with van der Waals surface area (Å²) < 4.78 is 0. The fraction of sp³-hybridized carbons (Fsp3) is 0. The maximum Gasteiger partial charge on any atom is 5.00 e. The minimum atomic E-state index is 0. The molecule has 0 saturated carbocycles. The van der Waals surface area contributed by atoms with Crippen LogP contribution >= 0.6 is 0 Å². The quantitative estimate of drug-likeness (QED) is 0.163. The standard InChI is InChI=1S/15CN.3CH2O.3Fe.3K.3H/c18*1-2;;;;;;;;;/h;;;;;;;;;;;;;;;3*1H2;;;;;;;;;/q15*-1;;;;3*+5;3*+1;3*-1. The van der Waals surface area contributed by atoms with Crippen molar-refractivity contribution in [2.24, 2.45) is 0 Å². The Bertz CT molecular complexity index is 379. The van der Waals surface area contributed by atoms with Gasteiger partial charge >= 0.3 is 205 Å². The molecule has 3 radical (unpaired) electrons. The van der Waals surface area contributed by atoms with Gasteiger partial charge in [-0.2, -0.15) is 0 Å². The molecule has 0 aromatic rings. The summed E-state index contributed by atoms with van der Waals surface area (Å²) in [5, 5.41) is 93.8. The number of rotatable bonds is 0. The van der Waals surface area contributed by atoms with E-state index >= 15 is 0 Å².